The topological polar surface area (TPSA) is 52.7 Å². The lowest BCUT2D eigenvalue weighted by molar-refractivity contribution is -0.113. The predicted molar refractivity (Wildman–Crippen MR) is 116 cm³/mol. The van der Waals surface area contributed by atoms with E-state index in [2.05, 4.69) is 17.1 Å². The highest BCUT2D eigenvalue weighted by atomic mass is 32.2. The van der Waals surface area contributed by atoms with Gasteiger partial charge in [-0.05, 0) is 48.5 Å². The normalized spacial score (nSPS) is 14.6. The molecule has 29 heavy (non-hydrogen) atoms. The zero-order chi connectivity index (χ0) is 20.6. The molecule has 0 unspecified atom stereocenters. The maximum atomic E-state index is 12.9. The molecule has 3 rings (SSSR count). The Morgan fingerprint density at radius 1 is 1.00 bits per heavy atom. The summed E-state index contributed by atoms with van der Waals surface area (Å²) in [5.41, 5.74) is 2.36. The van der Waals surface area contributed by atoms with Crippen LogP contribution >= 0.6 is 11.8 Å². The second-order valence-corrected chi connectivity index (χ2v) is 7.96. The van der Waals surface area contributed by atoms with Gasteiger partial charge in [-0.25, -0.2) is 4.39 Å². The molecule has 0 aliphatic carbocycles. The van der Waals surface area contributed by atoms with Crippen molar-refractivity contribution in [3.63, 3.8) is 0 Å². The summed E-state index contributed by atoms with van der Waals surface area (Å²) >= 11 is 1.49. The van der Waals surface area contributed by atoms with E-state index in [0.29, 0.717) is 22.8 Å². The molecule has 154 valence electrons. The first-order valence-corrected chi connectivity index (χ1v) is 10.9. The number of piperazine rings is 1. The fourth-order valence-electron chi connectivity index (χ4n) is 3.19. The number of carbonyl (C=O) groups is 2. The molecule has 0 saturated carbocycles. The average molecular weight is 416 g/mol. The number of hydrogen-bond acceptors (Lipinski definition) is 4. The maximum absolute atomic E-state index is 12.9. The van der Waals surface area contributed by atoms with Gasteiger partial charge in [0, 0.05) is 43.2 Å². The molecule has 0 aromatic heterocycles. The van der Waals surface area contributed by atoms with Gasteiger partial charge in [0.25, 0.3) is 5.91 Å². The van der Waals surface area contributed by atoms with E-state index < -0.39 is 0 Å². The molecule has 1 saturated heterocycles. The molecule has 1 aliphatic rings. The zero-order valence-corrected chi connectivity index (χ0v) is 17.4. The quantitative estimate of drug-likeness (QED) is 0.752. The molecule has 7 heteroatoms. The fourth-order valence-corrected chi connectivity index (χ4v) is 3.97. The van der Waals surface area contributed by atoms with E-state index in [1.54, 1.807) is 0 Å². The highest BCUT2D eigenvalue weighted by Gasteiger charge is 2.21. The molecule has 0 bridgehead atoms. The van der Waals surface area contributed by atoms with E-state index in [1.807, 2.05) is 29.2 Å². The lowest BCUT2D eigenvalue weighted by Gasteiger charge is -2.34. The van der Waals surface area contributed by atoms with Gasteiger partial charge in [-0.3, -0.25) is 9.59 Å². The summed E-state index contributed by atoms with van der Waals surface area (Å²) in [6.07, 6.45) is 0. The van der Waals surface area contributed by atoms with Crippen molar-refractivity contribution in [2.45, 2.75) is 12.7 Å². The van der Waals surface area contributed by atoms with Crippen molar-refractivity contribution in [2.75, 3.05) is 43.8 Å². The summed E-state index contributed by atoms with van der Waals surface area (Å²) in [5.74, 6) is 0.612. The number of anilines is 1. The lowest BCUT2D eigenvalue weighted by atomic mass is 10.1. The molecule has 1 aliphatic heterocycles. The Morgan fingerprint density at radius 2 is 1.66 bits per heavy atom. The standard InChI is InChI=1S/C22H26FN3O2S/c1-2-25-11-13-26(14-12-25)22(28)18-5-3-17(4-6-18)15-29-16-21(27)24-20-9-7-19(23)8-10-20/h3-10H,2,11-16H2,1H3,(H,24,27). The maximum Gasteiger partial charge on any atom is 0.253 e. The van der Waals surface area contributed by atoms with Crippen LogP contribution in [0.1, 0.15) is 22.8 Å². The van der Waals surface area contributed by atoms with Crippen LogP contribution in [0.2, 0.25) is 0 Å². The van der Waals surface area contributed by atoms with Crippen LogP contribution in [0.15, 0.2) is 48.5 Å². The van der Waals surface area contributed by atoms with Crippen molar-refractivity contribution in [2.24, 2.45) is 0 Å². The highest BCUT2D eigenvalue weighted by molar-refractivity contribution is 7.99. The fraction of sp³-hybridized carbons (Fsp3) is 0.364. The molecule has 0 radical (unpaired) electrons. The van der Waals surface area contributed by atoms with Gasteiger partial charge < -0.3 is 15.1 Å². The Kier molecular flexibility index (Phi) is 7.66. The minimum Gasteiger partial charge on any atom is -0.336 e. The number of carbonyl (C=O) groups excluding carboxylic acids is 2. The minimum atomic E-state index is -0.331. The van der Waals surface area contributed by atoms with Gasteiger partial charge in [0.1, 0.15) is 5.82 Å². The molecule has 2 aromatic carbocycles. The van der Waals surface area contributed by atoms with Crippen molar-refractivity contribution >= 4 is 29.3 Å². The van der Waals surface area contributed by atoms with Gasteiger partial charge >= 0.3 is 0 Å². The molecule has 1 heterocycles. The predicted octanol–water partition coefficient (Wildman–Crippen LogP) is 3.48. The second kappa shape index (κ2) is 10.4. The van der Waals surface area contributed by atoms with Gasteiger partial charge in [0.05, 0.1) is 5.75 Å². The number of thioether (sulfide) groups is 1. The van der Waals surface area contributed by atoms with Crippen molar-refractivity contribution in [1.82, 2.24) is 9.80 Å². The summed E-state index contributed by atoms with van der Waals surface area (Å²) < 4.78 is 12.9. The number of nitrogens with one attached hydrogen (secondary N) is 1. The molecular formula is C22H26FN3O2S. The van der Waals surface area contributed by atoms with Gasteiger partial charge in [0.15, 0.2) is 0 Å². The highest BCUT2D eigenvalue weighted by Crippen LogP contribution is 2.16. The third-order valence-corrected chi connectivity index (χ3v) is 5.94. The number of rotatable bonds is 7. The number of halogens is 1. The molecule has 1 N–H and O–H groups in total. The lowest BCUT2D eigenvalue weighted by Crippen LogP contribution is -2.48. The first kappa shape index (κ1) is 21.3. The van der Waals surface area contributed by atoms with Gasteiger partial charge in [-0.15, -0.1) is 11.8 Å². The van der Waals surface area contributed by atoms with Crippen molar-refractivity contribution in [3.8, 4) is 0 Å². The van der Waals surface area contributed by atoms with Crippen molar-refractivity contribution in [1.29, 1.82) is 0 Å². The largest absolute Gasteiger partial charge is 0.336 e. The zero-order valence-electron chi connectivity index (χ0n) is 16.6. The van der Waals surface area contributed by atoms with Crippen LogP contribution in [0.3, 0.4) is 0 Å². The molecule has 2 aromatic rings. The van der Waals surface area contributed by atoms with E-state index in [1.165, 1.54) is 36.0 Å². The number of hydrogen-bond donors (Lipinski definition) is 1. The SMILES string of the molecule is CCN1CCN(C(=O)c2ccc(CSCC(=O)Nc3ccc(F)cc3)cc2)CC1. The first-order valence-electron chi connectivity index (χ1n) is 9.79. The van der Waals surface area contributed by atoms with Crippen LogP contribution in [0, 0.1) is 5.82 Å². The number of benzene rings is 2. The Labute approximate surface area is 175 Å². The van der Waals surface area contributed by atoms with Crippen LogP contribution in [-0.4, -0.2) is 60.1 Å². The van der Waals surface area contributed by atoms with Crippen molar-refractivity contribution < 1.29 is 14.0 Å². The van der Waals surface area contributed by atoms with Gasteiger partial charge in [-0.2, -0.15) is 0 Å². The van der Waals surface area contributed by atoms with E-state index >= 15 is 0 Å². The molecular weight excluding hydrogens is 389 g/mol. The summed E-state index contributed by atoms with van der Waals surface area (Å²) in [7, 11) is 0. The number of likely N-dealkylation sites (N-methyl/N-ethyl adjacent to an activating group) is 1. The summed E-state index contributed by atoms with van der Waals surface area (Å²) in [5, 5.41) is 2.74. The van der Waals surface area contributed by atoms with E-state index in [-0.39, 0.29) is 17.6 Å². The van der Waals surface area contributed by atoms with Crippen molar-refractivity contribution in [3.05, 3.63) is 65.5 Å². The minimum absolute atomic E-state index is 0.0821. The van der Waals surface area contributed by atoms with Crippen LogP contribution in [0.5, 0.6) is 0 Å². The van der Waals surface area contributed by atoms with E-state index in [9.17, 15) is 14.0 Å². The summed E-state index contributed by atoms with van der Waals surface area (Å²) in [6.45, 7) is 6.56. The van der Waals surface area contributed by atoms with Crippen LogP contribution in [0.4, 0.5) is 10.1 Å². The van der Waals surface area contributed by atoms with Crippen LogP contribution in [-0.2, 0) is 10.5 Å². The van der Waals surface area contributed by atoms with Gasteiger partial charge in [-0.1, -0.05) is 19.1 Å². The molecule has 0 spiro atoms. The first-order chi connectivity index (χ1) is 14.0. The van der Waals surface area contributed by atoms with Crippen LogP contribution in [0.25, 0.3) is 0 Å². The Hall–Kier alpha value is -2.38. The third kappa shape index (κ3) is 6.30. The Morgan fingerprint density at radius 3 is 2.28 bits per heavy atom. The summed E-state index contributed by atoms with van der Waals surface area (Å²) in [6, 6.07) is 13.3. The monoisotopic (exact) mass is 415 g/mol. The smallest absolute Gasteiger partial charge is 0.253 e. The molecule has 5 nitrogen and oxygen atoms in total. The van der Waals surface area contributed by atoms with E-state index in [4.69, 9.17) is 0 Å². The second-order valence-electron chi connectivity index (χ2n) is 6.97. The Bertz CT molecular complexity index is 819. The third-order valence-electron chi connectivity index (χ3n) is 4.94. The van der Waals surface area contributed by atoms with Gasteiger partial charge in [0.2, 0.25) is 5.91 Å². The molecule has 1 fully saturated rings. The molecule has 0 atom stereocenters. The van der Waals surface area contributed by atoms with E-state index in [0.717, 1.165) is 38.3 Å². The Balaban J connectivity index is 1.42. The average Bonchev–Trinajstić information content (AvgIpc) is 2.75. The number of nitrogens with zero attached hydrogens (tertiary/aromatic N) is 2. The molecule has 2 amide bonds. The number of amides is 2. The summed E-state index contributed by atoms with van der Waals surface area (Å²) in [4.78, 5) is 28.9. The van der Waals surface area contributed by atoms with Crippen LogP contribution < -0.4 is 5.32 Å².